The topological polar surface area (TPSA) is 21.3 Å². The number of nitrogens with one attached hydrogen (secondary N) is 1. The quantitative estimate of drug-likeness (QED) is 0.200. The van der Waals surface area contributed by atoms with Crippen LogP contribution < -0.4 is 56.7 Å². The molecule has 0 radical (unpaired) electrons. The normalized spacial score (nSPS) is 15.9. The van der Waals surface area contributed by atoms with Gasteiger partial charge < -0.3 is 34.9 Å². The zero-order chi connectivity index (χ0) is 34.4. The Kier molecular flexibility index (Phi) is 22.0. The maximum Gasteiger partial charge on any atom is 2.00 e. The smallest absolute Gasteiger partial charge is 1.00 e. The number of ether oxygens (including phenoxy) is 1. The van der Waals surface area contributed by atoms with Crippen LogP contribution in [0.1, 0.15) is 20.3 Å². The van der Waals surface area contributed by atoms with Crippen molar-refractivity contribution in [2.75, 3.05) is 6.61 Å². The zero-order valence-corrected chi connectivity index (χ0v) is 36.5. The van der Waals surface area contributed by atoms with Crippen LogP contribution in [0.5, 0.6) is 0 Å². The van der Waals surface area contributed by atoms with Gasteiger partial charge in [0.15, 0.2) is 5.88 Å². The molecule has 1 saturated heterocycles. The molecule has 1 atom stereocenters. The van der Waals surface area contributed by atoms with Gasteiger partial charge >= 0.3 is 19.5 Å². The molecule has 1 heterocycles. The number of hydrogen-bond donors (Lipinski definition) is 1. The first-order valence-electron chi connectivity index (χ1n) is 17.4. The molecule has 0 amide bonds. The van der Waals surface area contributed by atoms with Crippen molar-refractivity contribution in [3.63, 3.8) is 0 Å². The molecule has 8 rings (SSSR count). The molecule has 1 fully saturated rings. The van der Waals surface area contributed by atoms with Crippen molar-refractivity contribution in [2.24, 2.45) is 5.92 Å². The first-order valence-corrected chi connectivity index (χ1v) is 20.1. The second-order valence-corrected chi connectivity index (χ2v) is 16.8. The number of benzene rings is 5. The summed E-state index contributed by atoms with van der Waals surface area (Å²) >= 11 is 0. The largest absolute Gasteiger partial charge is 2.00 e. The summed E-state index contributed by atoms with van der Waals surface area (Å²) in [6, 6.07) is 54.3. The molecule has 0 unspecified atom stereocenters. The number of hydrogen-bond acceptors (Lipinski definition) is 2. The molecule has 3 aliphatic rings. The zero-order valence-electron chi connectivity index (χ0n) is 30.3. The minimum absolute atomic E-state index is 0. The Balaban J connectivity index is 0.000000319. The van der Waals surface area contributed by atoms with E-state index in [-0.39, 0.29) is 61.4 Å². The molecule has 2 nitrogen and oxygen atoms in total. The maximum absolute atomic E-state index is 6.05. The third-order valence-electron chi connectivity index (χ3n) is 8.53. The fourth-order valence-electron chi connectivity index (χ4n) is 5.89. The van der Waals surface area contributed by atoms with Gasteiger partial charge in [0.05, 0.1) is 6.04 Å². The molecule has 0 aromatic heterocycles. The van der Waals surface area contributed by atoms with E-state index in [1.807, 2.05) is 0 Å². The van der Waals surface area contributed by atoms with E-state index in [2.05, 4.69) is 213 Å². The van der Waals surface area contributed by atoms with Crippen LogP contribution in [0.15, 0.2) is 211 Å². The SMILES string of the molecule is C1=CCC=C1.CC(C)[C@@H]1COC(=C2C=CC=C2P(c2ccccc2)c2ccccc2)N1.[Cl-].[Cl-].[Fe].[Ru+2].c1ccc(P(c2ccccc2)c2ccccc2)cc1. The van der Waals surface area contributed by atoms with E-state index >= 15 is 0 Å². The van der Waals surface area contributed by atoms with Gasteiger partial charge in [-0.1, -0.05) is 202 Å². The monoisotopic (exact) mass is 917 g/mol. The van der Waals surface area contributed by atoms with Gasteiger partial charge in [-0.15, -0.1) is 0 Å². The number of allylic oxidation sites excluding steroid dienone is 9. The molecule has 8 heteroatoms. The molecule has 54 heavy (non-hydrogen) atoms. The van der Waals surface area contributed by atoms with Crippen LogP contribution in [0.25, 0.3) is 0 Å². The summed E-state index contributed by atoms with van der Waals surface area (Å²) in [6.45, 7) is 5.21. The van der Waals surface area contributed by atoms with Crippen molar-refractivity contribution < 1.29 is 66.1 Å². The number of rotatable bonds is 7. The summed E-state index contributed by atoms with van der Waals surface area (Å²) in [6.07, 6.45) is 16.1. The van der Waals surface area contributed by atoms with Crippen LogP contribution >= 0.6 is 15.8 Å². The van der Waals surface area contributed by atoms with E-state index in [4.69, 9.17) is 4.74 Å². The van der Waals surface area contributed by atoms with E-state index in [1.54, 1.807) is 0 Å². The molecule has 0 saturated carbocycles. The summed E-state index contributed by atoms with van der Waals surface area (Å²) in [5.74, 6) is 1.48. The predicted octanol–water partition coefficient (Wildman–Crippen LogP) is 3.38. The molecule has 1 aliphatic heterocycles. The van der Waals surface area contributed by atoms with Gasteiger partial charge in [0, 0.05) is 22.6 Å². The Morgan fingerprint density at radius 2 is 0.926 bits per heavy atom. The third-order valence-corrected chi connectivity index (χ3v) is 13.5. The second-order valence-electron chi connectivity index (χ2n) is 12.4. The molecule has 2 aliphatic carbocycles. The van der Waals surface area contributed by atoms with E-state index in [0.29, 0.717) is 12.0 Å². The average Bonchev–Trinajstić information content (AvgIpc) is 4.00. The van der Waals surface area contributed by atoms with Gasteiger partial charge in [-0.3, -0.25) is 0 Å². The first-order chi connectivity index (χ1) is 24.7. The molecular weight excluding hydrogens is 872 g/mol. The van der Waals surface area contributed by atoms with Crippen molar-refractivity contribution >= 4 is 42.4 Å². The predicted molar refractivity (Wildman–Crippen MR) is 219 cm³/mol. The van der Waals surface area contributed by atoms with Gasteiger partial charge in [0.25, 0.3) is 0 Å². The minimum Gasteiger partial charge on any atom is -1.00 e. The van der Waals surface area contributed by atoms with Crippen LogP contribution in [0, 0.1) is 5.92 Å². The summed E-state index contributed by atoms with van der Waals surface area (Å²) in [7, 11) is -1.06. The van der Waals surface area contributed by atoms with Gasteiger partial charge in [-0.2, -0.15) is 0 Å². The van der Waals surface area contributed by atoms with Gasteiger partial charge in [0.2, 0.25) is 0 Å². The fraction of sp³-hybridized carbons (Fsp3) is 0.130. The van der Waals surface area contributed by atoms with Crippen molar-refractivity contribution in [3.8, 4) is 0 Å². The van der Waals surface area contributed by atoms with Crippen molar-refractivity contribution in [2.45, 2.75) is 26.3 Å². The Morgan fingerprint density at radius 3 is 1.24 bits per heavy atom. The van der Waals surface area contributed by atoms with Crippen LogP contribution in [-0.4, -0.2) is 12.6 Å². The first kappa shape index (κ1) is 47.1. The second kappa shape index (κ2) is 25.2. The van der Waals surface area contributed by atoms with Gasteiger partial charge in [0.1, 0.15) is 6.61 Å². The minimum atomic E-state index is -0.616. The standard InChI is InChI=1S/C23H24NOP.C18H15P.C5H6.2ClH.Fe.Ru/c1-17(2)21-16-25-23(24-21)20-14-9-15-22(20)26(18-10-5-3-6-11-18)19-12-7-4-8-13-19;1-4-10-16(11-5-1)19(17-12-6-2-7-13-17)18-14-8-3-9-15-18;1-2-4-5-3-1;;;;/h3-15,17,21,24H,16H2,1-2H3;1-15H;1-4H,5H2;2*1H;;/q;;;;;;+2/p-2/t21-;;;;;;/m0....../s1. The van der Waals surface area contributed by atoms with Crippen LogP contribution in [0.3, 0.4) is 0 Å². The summed E-state index contributed by atoms with van der Waals surface area (Å²) in [5, 5.41) is 11.9. The van der Waals surface area contributed by atoms with Crippen molar-refractivity contribution in [3.05, 3.63) is 211 Å². The van der Waals surface area contributed by atoms with Crippen molar-refractivity contribution in [1.29, 1.82) is 0 Å². The third kappa shape index (κ3) is 13.0. The fourth-order valence-corrected chi connectivity index (χ4v) is 10.6. The Hall–Kier alpha value is -3.02. The number of halogens is 2. The molecule has 1 N–H and O–H groups in total. The molecule has 0 bridgehead atoms. The van der Waals surface area contributed by atoms with Crippen LogP contribution in [-0.2, 0) is 41.3 Å². The van der Waals surface area contributed by atoms with Crippen LogP contribution in [0.4, 0.5) is 0 Å². The Labute approximate surface area is 360 Å². The van der Waals surface area contributed by atoms with E-state index in [1.165, 1.54) is 37.4 Å². The van der Waals surface area contributed by atoms with E-state index in [0.717, 1.165) is 18.9 Å². The van der Waals surface area contributed by atoms with E-state index in [9.17, 15) is 0 Å². The summed E-state index contributed by atoms with van der Waals surface area (Å²) in [4.78, 5) is 0. The molecular formula is C46H45Cl2FeNOP2Ru. The van der Waals surface area contributed by atoms with E-state index < -0.39 is 15.8 Å². The maximum atomic E-state index is 6.05. The average molecular weight is 918 g/mol. The van der Waals surface area contributed by atoms with Gasteiger partial charge in [-0.25, -0.2) is 0 Å². The molecule has 0 spiro atoms. The Bertz CT molecular complexity index is 1800. The summed E-state index contributed by atoms with van der Waals surface area (Å²) < 4.78 is 6.05. The molecule has 5 aromatic rings. The summed E-state index contributed by atoms with van der Waals surface area (Å²) in [5.41, 5.74) is 1.20. The van der Waals surface area contributed by atoms with Crippen molar-refractivity contribution in [1.82, 2.24) is 5.32 Å². The van der Waals surface area contributed by atoms with Crippen LogP contribution in [0.2, 0.25) is 0 Å². The van der Waals surface area contributed by atoms with Gasteiger partial charge in [-0.05, 0) is 66.1 Å². The molecule has 280 valence electrons. The molecule has 5 aromatic carbocycles. The Morgan fingerprint density at radius 1 is 0.556 bits per heavy atom.